The molecule has 2 heteroatoms. The second kappa shape index (κ2) is 5.16. The molecule has 1 atom stereocenters. The van der Waals surface area contributed by atoms with Crippen LogP contribution in [0.4, 0.5) is 0 Å². The Morgan fingerprint density at radius 3 is 2.67 bits per heavy atom. The highest BCUT2D eigenvalue weighted by molar-refractivity contribution is 4.89. The predicted octanol–water partition coefficient (Wildman–Crippen LogP) is 2.07. The van der Waals surface area contributed by atoms with E-state index in [0.29, 0.717) is 0 Å². The Kier molecular flexibility index (Phi) is 4.10. The SMILES string of the molecule is CCC(C#N)NCC1CCCC1. The van der Waals surface area contributed by atoms with Gasteiger partial charge in [-0.3, -0.25) is 0 Å². The minimum atomic E-state index is 0.0746. The standard InChI is InChI=1S/C10H18N2/c1-2-10(7-11)12-8-9-5-3-4-6-9/h9-10,12H,2-6,8H2,1H3. The highest BCUT2D eigenvalue weighted by Crippen LogP contribution is 2.23. The zero-order valence-corrected chi connectivity index (χ0v) is 7.84. The first kappa shape index (κ1) is 9.54. The summed E-state index contributed by atoms with van der Waals surface area (Å²) >= 11 is 0. The van der Waals surface area contributed by atoms with Crippen molar-refractivity contribution in [3.05, 3.63) is 0 Å². The third kappa shape index (κ3) is 2.83. The average molecular weight is 166 g/mol. The van der Waals surface area contributed by atoms with Crippen LogP contribution in [0.3, 0.4) is 0 Å². The number of hydrogen-bond donors (Lipinski definition) is 1. The summed E-state index contributed by atoms with van der Waals surface area (Å²) < 4.78 is 0. The van der Waals surface area contributed by atoms with Gasteiger partial charge in [-0.2, -0.15) is 5.26 Å². The molecule has 0 aromatic rings. The Morgan fingerprint density at radius 1 is 1.50 bits per heavy atom. The Morgan fingerprint density at radius 2 is 2.17 bits per heavy atom. The summed E-state index contributed by atoms with van der Waals surface area (Å²) in [5.74, 6) is 0.840. The van der Waals surface area contributed by atoms with Crippen LogP contribution in [-0.4, -0.2) is 12.6 Å². The lowest BCUT2D eigenvalue weighted by Gasteiger charge is -2.13. The van der Waals surface area contributed by atoms with E-state index < -0.39 is 0 Å². The lowest BCUT2D eigenvalue weighted by Crippen LogP contribution is -2.30. The van der Waals surface area contributed by atoms with Gasteiger partial charge in [0.1, 0.15) is 0 Å². The smallest absolute Gasteiger partial charge is 0.0950 e. The van der Waals surface area contributed by atoms with Crippen molar-refractivity contribution in [2.45, 2.75) is 45.1 Å². The van der Waals surface area contributed by atoms with E-state index in [-0.39, 0.29) is 6.04 Å². The van der Waals surface area contributed by atoms with Crippen molar-refractivity contribution in [1.29, 1.82) is 5.26 Å². The van der Waals surface area contributed by atoms with Gasteiger partial charge in [-0.15, -0.1) is 0 Å². The topological polar surface area (TPSA) is 35.8 Å². The predicted molar refractivity (Wildman–Crippen MR) is 49.7 cm³/mol. The number of nitrogens with zero attached hydrogens (tertiary/aromatic N) is 1. The lowest BCUT2D eigenvalue weighted by atomic mass is 10.1. The third-order valence-corrected chi connectivity index (χ3v) is 2.69. The highest BCUT2D eigenvalue weighted by Gasteiger charge is 2.15. The summed E-state index contributed by atoms with van der Waals surface area (Å²) in [6, 6.07) is 2.34. The van der Waals surface area contributed by atoms with Gasteiger partial charge in [-0.1, -0.05) is 19.8 Å². The van der Waals surface area contributed by atoms with Crippen LogP contribution in [0.15, 0.2) is 0 Å². The summed E-state index contributed by atoms with van der Waals surface area (Å²) in [6.45, 7) is 3.10. The van der Waals surface area contributed by atoms with Crippen LogP contribution in [0.2, 0.25) is 0 Å². The number of rotatable bonds is 4. The van der Waals surface area contributed by atoms with E-state index in [2.05, 4.69) is 18.3 Å². The first-order chi connectivity index (χ1) is 5.86. The minimum Gasteiger partial charge on any atom is -0.302 e. The fourth-order valence-corrected chi connectivity index (χ4v) is 1.80. The molecule has 0 aromatic heterocycles. The maximum atomic E-state index is 8.69. The maximum Gasteiger partial charge on any atom is 0.0950 e. The summed E-state index contributed by atoms with van der Waals surface area (Å²) in [6.07, 6.45) is 6.40. The van der Waals surface area contributed by atoms with Gasteiger partial charge < -0.3 is 5.32 Å². The molecule has 0 bridgehead atoms. The van der Waals surface area contributed by atoms with Crippen LogP contribution in [0.5, 0.6) is 0 Å². The van der Waals surface area contributed by atoms with Crippen molar-refractivity contribution in [3.8, 4) is 6.07 Å². The molecule has 0 saturated heterocycles. The van der Waals surface area contributed by atoms with Crippen LogP contribution in [0.25, 0.3) is 0 Å². The highest BCUT2D eigenvalue weighted by atomic mass is 14.9. The fraction of sp³-hybridized carbons (Fsp3) is 0.900. The van der Waals surface area contributed by atoms with Gasteiger partial charge in [-0.25, -0.2) is 0 Å². The minimum absolute atomic E-state index is 0.0746. The van der Waals surface area contributed by atoms with Crippen LogP contribution >= 0.6 is 0 Å². The molecule has 0 spiro atoms. The normalized spacial score (nSPS) is 20.7. The van der Waals surface area contributed by atoms with Gasteiger partial charge in [0, 0.05) is 0 Å². The maximum absolute atomic E-state index is 8.69. The number of nitrogens with one attached hydrogen (secondary N) is 1. The fourth-order valence-electron chi connectivity index (χ4n) is 1.80. The summed E-state index contributed by atoms with van der Waals surface area (Å²) in [4.78, 5) is 0. The molecule has 1 unspecified atom stereocenters. The van der Waals surface area contributed by atoms with Gasteiger partial charge in [0.05, 0.1) is 12.1 Å². The van der Waals surface area contributed by atoms with E-state index in [1.54, 1.807) is 0 Å². The van der Waals surface area contributed by atoms with Crippen molar-refractivity contribution < 1.29 is 0 Å². The molecule has 0 heterocycles. The van der Waals surface area contributed by atoms with Gasteiger partial charge in [0.2, 0.25) is 0 Å². The van der Waals surface area contributed by atoms with E-state index in [9.17, 15) is 0 Å². The van der Waals surface area contributed by atoms with E-state index in [1.807, 2.05) is 0 Å². The van der Waals surface area contributed by atoms with Gasteiger partial charge in [0.15, 0.2) is 0 Å². The molecule has 0 radical (unpaired) electrons. The van der Waals surface area contributed by atoms with Crippen molar-refractivity contribution in [1.82, 2.24) is 5.32 Å². The zero-order valence-electron chi connectivity index (χ0n) is 7.84. The molecule has 68 valence electrons. The van der Waals surface area contributed by atoms with Crippen molar-refractivity contribution >= 4 is 0 Å². The summed E-state index contributed by atoms with van der Waals surface area (Å²) in [5.41, 5.74) is 0. The Hall–Kier alpha value is -0.550. The molecule has 12 heavy (non-hydrogen) atoms. The molecule has 0 aromatic carbocycles. The Labute approximate surface area is 75.0 Å². The summed E-state index contributed by atoms with van der Waals surface area (Å²) in [7, 11) is 0. The molecular formula is C10H18N2. The molecule has 1 aliphatic rings. The molecule has 1 aliphatic carbocycles. The second-order valence-electron chi connectivity index (χ2n) is 3.65. The van der Waals surface area contributed by atoms with E-state index in [0.717, 1.165) is 18.9 Å². The monoisotopic (exact) mass is 166 g/mol. The number of nitriles is 1. The molecular weight excluding hydrogens is 148 g/mol. The molecule has 1 fully saturated rings. The van der Waals surface area contributed by atoms with Crippen LogP contribution in [0, 0.1) is 17.2 Å². The second-order valence-corrected chi connectivity index (χ2v) is 3.65. The number of hydrogen-bond acceptors (Lipinski definition) is 2. The zero-order chi connectivity index (χ0) is 8.81. The van der Waals surface area contributed by atoms with Gasteiger partial charge in [0.25, 0.3) is 0 Å². The molecule has 0 amide bonds. The van der Waals surface area contributed by atoms with E-state index >= 15 is 0 Å². The van der Waals surface area contributed by atoms with Crippen molar-refractivity contribution in [2.75, 3.05) is 6.54 Å². The third-order valence-electron chi connectivity index (χ3n) is 2.69. The van der Waals surface area contributed by atoms with Gasteiger partial charge in [-0.05, 0) is 31.7 Å². The Balaban J connectivity index is 2.11. The summed E-state index contributed by atoms with van der Waals surface area (Å²) in [5, 5.41) is 12.0. The largest absolute Gasteiger partial charge is 0.302 e. The first-order valence-electron chi connectivity index (χ1n) is 4.99. The van der Waals surface area contributed by atoms with Crippen LogP contribution < -0.4 is 5.32 Å². The van der Waals surface area contributed by atoms with Gasteiger partial charge >= 0.3 is 0 Å². The van der Waals surface area contributed by atoms with Crippen molar-refractivity contribution in [2.24, 2.45) is 5.92 Å². The molecule has 1 N–H and O–H groups in total. The average Bonchev–Trinajstić information content (AvgIpc) is 2.59. The first-order valence-corrected chi connectivity index (χ1v) is 4.99. The molecule has 1 rings (SSSR count). The molecule has 2 nitrogen and oxygen atoms in total. The molecule has 0 aliphatic heterocycles. The lowest BCUT2D eigenvalue weighted by molar-refractivity contribution is 0.461. The van der Waals surface area contributed by atoms with E-state index in [4.69, 9.17) is 5.26 Å². The Bertz CT molecular complexity index is 154. The van der Waals surface area contributed by atoms with Crippen molar-refractivity contribution in [3.63, 3.8) is 0 Å². The van der Waals surface area contributed by atoms with Crippen LogP contribution in [-0.2, 0) is 0 Å². The molecule has 1 saturated carbocycles. The van der Waals surface area contributed by atoms with Crippen LogP contribution in [0.1, 0.15) is 39.0 Å². The van der Waals surface area contributed by atoms with E-state index in [1.165, 1.54) is 25.7 Å². The quantitative estimate of drug-likeness (QED) is 0.694.